The lowest BCUT2D eigenvalue weighted by Gasteiger charge is -2.32. The number of aliphatic hydroxyl groups is 1. The molecule has 7 heteroatoms. The van der Waals surface area contributed by atoms with Crippen molar-refractivity contribution >= 4 is 27.6 Å². The Hall–Kier alpha value is -3.06. The minimum atomic E-state index is 0.291. The Balaban J connectivity index is 1.47. The maximum Gasteiger partial charge on any atom is 0.159 e. The van der Waals surface area contributed by atoms with E-state index in [0.29, 0.717) is 19.1 Å². The Morgan fingerprint density at radius 3 is 2.79 bits per heavy atom. The van der Waals surface area contributed by atoms with Gasteiger partial charge < -0.3 is 19.7 Å². The van der Waals surface area contributed by atoms with Gasteiger partial charge in [-0.1, -0.05) is 0 Å². The summed E-state index contributed by atoms with van der Waals surface area (Å²) in [6, 6.07) is 12.3. The number of anilines is 1. The molecule has 3 heterocycles. The largest absolute Gasteiger partial charge is 0.494 e. The van der Waals surface area contributed by atoms with Gasteiger partial charge in [0.05, 0.1) is 23.2 Å². The number of aromatic amines is 2. The van der Waals surface area contributed by atoms with Crippen LogP contribution in [-0.4, -0.2) is 51.6 Å². The molecule has 29 heavy (non-hydrogen) atoms. The molecule has 2 aromatic heterocycles. The summed E-state index contributed by atoms with van der Waals surface area (Å²) in [4.78, 5) is 10.6. The molecule has 0 bridgehead atoms. The molecule has 1 aliphatic heterocycles. The highest BCUT2D eigenvalue weighted by atomic mass is 16.5. The predicted molar refractivity (Wildman–Crippen MR) is 114 cm³/mol. The summed E-state index contributed by atoms with van der Waals surface area (Å²) in [5.74, 6) is 2.01. The fraction of sp³-hybridized carbons (Fsp3) is 0.364. The third kappa shape index (κ3) is 3.31. The third-order valence-corrected chi connectivity index (χ3v) is 5.77. The number of H-pyrrole nitrogens is 2. The van der Waals surface area contributed by atoms with Crippen molar-refractivity contribution in [2.45, 2.75) is 19.8 Å². The highest BCUT2D eigenvalue weighted by Gasteiger charge is 2.20. The van der Waals surface area contributed by atoms with E-state index in [0.717, 1.165) is 65.1 Å². The molecular weight excluding hydrogens is 366 g/mol. The maximum atomic E-state index is 9.36. The summed E-state index contributed by atoms with van der Waals surface area (Å²) in [7, 11) is 0. The van der Waals surface area contributed by atoms with Crippen molar-refractivity contribution in [3.63, 3.8) is 0 Å². The zero-order valence-electron chi connectivity index (χ0n) is 16.5. The molecule has 0 spiro atoms. The van der Waals surface area contributed by atoms with E-state index in [9.17, 15) is 5.11 Å². The highest BCUT2D eigenvalue weighted by molar-refractivity contribution is 5.94. The van der Waals surface area contributed by atoms with Gasteiger partial charge in [-0.15, -0.1) is 0 Å². The second-order valence-corrected chi connectivity index (χ2v) is 7.61. The molecule has 0 amide bonds. The normalized spacial score (nSPS) is 15.4. The highest BCUT2D eigenvalue weighted by Crippen LogP contribution is 2.31. The predicted octanol–water partition coefficient (Wildman–Crippen LogP) is 3.71. The van der Waals surface area contributed by atoms with E-state index in [1.54, 1.807) is 0 Å². The van der Waals surface area contributed by atoms with Gasteiger partial charge in [-0.05, 0) is 62.1 Å². The maximum absolute atomic E-state index is 9.36. The number of hydrogen-bond donors (Lipinski definition) is 3. The van der Waals surface area contributed by atoms with Gasteiger partial charge in [-0.25, -0.2) is 4.98 Å². The van der Waals surface area contributed by atoms with Crippen molar-refractivity contribution in [1.29, 1.82) is 0 Å². The lowest BCUT2D eigenvalue weighted by molar-refractivity contribution is 0.203. The third-order valence-electron chi connectivity index (χ3n) is 5.77. The SMILES string of the molecule is CCOc1ccc2[nH]nc(-c3nc4ccc(N5CCC(CO)CC5)cc4[nH]3)c2c1. The van der Waals surface area contributed by atoms with E-state index >= 15 is 0 Å². The number of rotatable bonds is 5. The molecule has 0 radical (unpaired) electrons. The molecule has 0 atom stereocenters. The number of nitrogens with one attached hydrogen (secondary N) is 2. The molecule has 1 saturated heterocycles. The van der Waals surface area contributed by atoms with Crippen molar-refractivity contribution in [3.8, 4) is 17.3 Å². The van der Waals surface area contributed by atoms with Crippen LogP contribution in [0.2, 0.25) is 0 Å². The monoisotopic (exact) mass is 391 g/mol. The number of aliphatic hydroxyl groups excluding tert-OH is 1. The van der Waals surface area contributed by atoms with E-state index < -0.39 is 0 Å². The van der Waals surface area contributed by atoms with Gasteiger partial charge in [0.15, 0.2) is 5.82 Å². The summed E-state index contributed by atoms with van der Waals surface area (Å²) >= 11 is 0. The van der Waals surface area contributed by atoms with E-state index in [-0.39, 0.29) is 0 Å². The second-order valence-electron chi connectivity index (χ2n) is 7.61. The average molecular weight is 391 g/mol. The van der Waals surface area contributed by atoms with Gasteiger partial charge in [0.1, 0.15) is 11.4 Å². The molecule has 1 fully saturated rings. The van der Waals surface area contributed by atoms with Crippen LogP contribution in [0.25, 0.3) is 33.5 Å². The summed E-state index contributed by atoms with van der Waals surface area (Å²) in [6.07, 6.45) is 2.06. The van der Waals surface area contributed by atoms with E-state index in [1.165, 1.54) is 5.69 Å². The number of benzene rings is 2. The number of hydrogen-bond acceptors (Lipinski definition) is 5. The topological polar surface area (TPSA) is 90.1 Å². The molecule has 7 nitrogen and oxygen atoms in total. The summed E-state index contributed by atoms with van der Waals surface area (Å²) in [5.41, 5.74) is 4.86. The van der Waals surface area contributed by atoms with Gasteiger partial charge in [0.25, 0.3) is 0 Å². The van der Waals surface area contributed by atoms with Crippen LogP contribution in [0.5, 0.6) is 5.75 Å². The molecule has 150 valence electrons. The fourth-order valence-electron chi connectivity index (χ4n) is 4.11. The Morgan fingerprint density at radius 2 is 2.00 bits per heavy atom. The Morgan fingerprint density at radius 1 is 1.14 bits per heavy atom. The molecule has 4 aromatic rings. The number of aromatic nitrogens is 4. The van der Waals surface area contributed by atoms with Crippen LogP contribution in [0.3, 0.4) is 0 Å². The Kier molecular flexibility index (Phi) is 4.60. The van der Waals surface area contributed by atoms with Gasteiger partial charge in [-0.2, -0.15) is 5.10 Å². The number of fused-ring (bicyclic) bond motifs is 2. The molecule has 0 unspecified atom stereocenters. The first kappa shape index (κ1) is 18.0. The molecule has 0 aliphatic carbocycles. The lowest BCUT2D eigenvalue weighted by atomic mass is 9.97. The second kappa shape index (κ2) is 7.40. The average Bonchev–Trinajstić information content (AvgIpc) is 3.37. The van der Waals surface area contributed by atoms with Crippen LogP contribution in [0.15, 0.2) is 36.4 Å². The van der Waals surface area contributed by atoms with E-state index in [2.05, 4.69) is 38.3 Å². The van der Waals surface area contributed by atoms with Crippen LogP contribution in [0.1, 0.15) is 19.8 Å². The zero-order chi connectivity index (χ0) is 19.8. The fourth-order valence-corrected chi connectivity index (χ4v) is 4.11. The van der Waals surface area contributed by atoms with Crippen LogP contribution in [0.4, 0.5) is 5.69 Å². The minimum Gasteiger partial charge on any atom is -0.494 e. The van der Waals surface area contributed by atoms with Crippen LogP contribution in [-0.2, 0) is 0 Å². The Labute approximate surface area is 168 Å². The standard InChI is InChI=1S/C22H25N5O2/c1-2-29-16-4-6-18-17(12-16)21(26-25-18)22-23-19-5-3-15(11-20(19)24-22)27-9-7-14(13-28)8-10-27/h3-6,11-12,14,28H,2,7-10,13H2,1H3,(H,23,24)(H,25,26). The van der Waals surface area contributed by atoms with Gasteiger partial charge in [0, 0.05) is 30.8 Å². The van der Waals surface area contributed by atoms with Gasteiger partial charge in [0.2, 0.25) is 0 Å². The molecule has 0 saturated carbocycles. The Bertz CT molecular complexity index is 1140. The summed E-state index contributed by atoms with van der Waals surface area (Å²) in [5, 5.41) is 17.9. The number of nitrogens with zero attached hydrogens (tertiary/aromatic N) is 3. The van der Waals surface area contributed by atoms with Crippen LogP contribution in [0, 0.1) is 5.92 Å². The van der Waals surface area contributed by atoms with Crippen molar-refractivity contribution < 1.29 is 9.84 Å². The van der Waals surface area contributed by atoms with Crippen molar-refractivity contribution in [2.75, 3.05) is 31.2 Å². The molecule has 1 aliphatic rings. The van der Waals surface area contributed by atoms with Crippen molar-refractivity contribution in [2.24, 2.45) is 5.92 Å². The zero-order valence-corrected chi connectivity index (χ0v) is 16.5. The van der Waals surface area contributed by atoms with E-state index in [4.69, 9.17) is 9.72 Å². The van der Waals surface area contributed by atoms with Gasteiger partial charge >= 0.3 is 0 Å². The van der Waals surface area contributed by atoms with E-state index in [1.807, 2.05) is 25.1 Å². The number of piperidine rings is 1. The summed E-state index contributed by atoms with van der Waals surface area (Å²) in [6.45, 7) is 4.84. The first-order chi connectivity index (χ1) is 14.2. The number of imidazole rings is 1. The quantitative estimate of drug-likeness (QED) is 0.482. The van der Waals surface area contributed by atoms with Crippen LogP contribution >= 0.6 is 0 Å². The summed E-state index contributed by atoms with van der Waals surface area (Å²) < 4.78 is 5.64. The molecule has 3 N–H and O–H groups in total. The minimum absolute atomic E-state index is 0.291. The molecule has 5 rings (SSSR count). The first-order valence-electron chi connectivity index (χ1n) is 10.2. The van der Waals surface area contributed by atoms with Crippen molar-refractivity contribution in [1.82, 2.24) is 20.2 Å². The molecule has 2 aromatic carbocycles. The van der Waals surface area contributed by atoms with Gasteiger partial charge in [-0.3, -0.25) is 5.10 Å². The number of ether oxygens (including phenoxy) is 1. The lowest BCUT2D eigenvalue weighted by Crippen LogP contribution is -2.34. The van der Waals surface area contributed by atoms with Crippen molar-refractivity contribution in [3.05, 3.63) is 36.4 Å². The first-order valence-corrected chi connectivity index (χ1v) is 10.2. The van der Waals surface area contributed by atoms with Crippen LogP contribution < -0.4 is 9.64 Å². The molecular formula is C22H25N5O2. The smallest absolute Gasteiger partial charge is 0.159 e.